The molecule has 0 fully saturated rings. The molecule has 2 nitrogen and oxygen atoms in total. The number of aromatic nitrogens is 1. The topological polar surface area (TPSA) is 16.1 Å². The van der Waals surface area contributed by atoms with E-state index in [2.05, 4.69) is 71.4 Å². The van der Waals surface area contributed by atoms with Crippen molar-refractivity contribution < 1.29 is 0 Å². The van der Waals surface area contributed by atoms with E-state index in [-0.39, 0.29) is 0 Å². The van der Waals surface area contributed by atoms with Gasteiger partial charge in [0.05, 0.1) is 5.52 Å². The van der Waals surface area contributed by atoms with Gasteiger partial charge in [-0.25, -0.2) is 0 Å². The molecule has 0 amide bonds. The van der Waals surface area contributed by atoms with Crippen molar-refractivity contribution in [3.8, 4) is 0 Å². The van der Waals surface area contributed by atoms with Gasteiger partial charge in [-0.2, -0.15) is 0 Å². The molecule has 0 aliphatic heterocycles. The van der Waals surface area contributed by atoms with Crippen LogP contribution in [0.25, 0.3) is 10.9 Å². The van der Waals surface area contributed by atoms with E-state index in [1.165, 1.54) is 16.6 Å². The van der Waals surface area contributed by atoms with Gasteiger partial charge in [-0.3, -0.25) is 4.98 Å². The molecule has 2 heteroatoms. The molecule has 0 bridgehead atoms. The average Bonchev–Trinajstić information content (AvgIpc) is 2.53. The highest BCUT2D eigenvalue weighted by atomic mass is 15.1. The first-order chi connectivity index (χ1) is 9.88. The Kier molecular flexibility index (Phi) is 3.64. The summed E-state index contributed by atoms with van der Waals surface area (Å²) >= 11 is 0. The Morgan fingerprint density at radius 1 is 0.900 bits per heavy atom. The Hall–Kier alpha value is -2.35. The van der Waals surface area contributed by atoms with Crippen molar-refractivity contribution in [1.29, 1.82) is 0 Å². The zero-order valence-corrected chi connectivity index (χ0v) is 11.7. The third kappa shape index (κ3) is 2.50. The molecule has 0 aliphatic carbocycles. The van der Waals surface area contributed by atoms with E-state index in [4.69, 9.17) is 0 Å². The molecule has 1 aromatic heterocycles. The van der Waals surface area contributed by atoms with Crippen molar-refractivity contribution in [2.75, 3.05) is 11.4 Å². The van der Waals surface area contributed by atoms with Gasteiger partial charge in [-0.1, -0.05) is 42.5 Å². The van der Waals surface area contributed by atoms with Gasteiger partial charge >= 0.3 is 0 Å². The SMILES string of the molecule is CCN(Cc1cccc2cccnc12)c1ccccc1. The number of hydrogen-bond acceptors (Lipinski definition) is 2. The summed E-state index contributed by atoms with van der Waals surface area (Å²) in [7, 11) is 0. The Morgan fingerprint density at radius 3 is 2.50 bits per heavy atom. The second kappa shape index (κ2) is 5.74. The Morgan fingerprint density at radius 2 is 1.70 bits per heavy atom. The summed E-state index contributed by atoms with van der Waals surface area (Å²) < 4.78 is 0. The van der Waals surface area contributed by atoms with Crippen molar-refractivity contribution in [1.82, 2.24) is 4.98 Å². The molecule has 0 radical (unpaired) electrons. The summed E-state index contributed by atoms with van der Waals surface area (Å²) in [5.41, 5.74) is 3.63. The van der Waals surface area contributed by atoms with Gasteiger partial charge in [-0.15, -0.1) is 0 Å². The van der Waals surface area contributed by atoms with E-state index < -0.39 is 0 Å². The first-order valence-corrected chi connectivity index (χ1v) is 7.01. The Balaban J connectivity index is 1.96. The lowest BCUT2D eigenvalue weighted by Gasteiger charge is -2.23. The molecule has 2 aromatic carbocycles. The van der Waals surface area contributed by atoms with Crippen molar-refractivity contribution >= 4 is 16.6 Å². The van der Waals surface area contributed by atoms with Crippen LogP contribution in [0, 0.1) is 0 Å². The number of benzene rings is 2. The van der Waals surface area contributed by atoms with Crippen LogP contribution in [0.1, 0.15) is 12.5 Å². The maximum atomic E-state index is 4.54. The number of nitrogens with zero attached hydrogens (tertiary/aromatic N) is 2. The van der Waals surface area contributed by atoms with E-state index in [0.717, 1.165) is 18.6 Å². The molecule has 3 rings (SSSR count). The number of pyridine rings is 1. The van der Waals surface area contributed by atoms with Crippen molar-refractivity contribution in [2.24, 2.45) is 0 Å². The van der Waals surface area contributed by atoms with Crippen molar-refractivity contribution in [2.45, 2.75) is 13.5 Å². The zero-order chi connectivity index (χ0) is 13.8. The molecule has 20 heavy (non-hydrogen) atoms. The van der Waals surface area contributed by atoms with Crippen LogP contribution in [-0.4, -0.2) is 11.5 Å². The summed E-state index contributed by atoms with van der Waals surface area (Å²) in [5, 5.41) is 1.20. The minimum atomic E-state index is 0.884. The minimum absolute atomic E-state index is 0.884. The van der Waals surface area contributed by atoms with E-state index in [1.807, 2.05) is 12.3 Å². The van der Waals surface area contributed by atoms with E-state index in [9.17, 15) is 0 Å². The molecule has 0 unspecified atom stereocenters. The number of anilines is 1. The van der Waals surface area contributed by atoms with Gasteiger partial charge in [0.2, 0.25) is 0 Å². The van der Waals surface area contributed by atoms with Crippen LogP contribution in [-0.2, 0) is 6.54 Å². The quantitative estimate of drug-likeness (QED) is 0.698. The fourth-order valence-electron chi connectivity index (χ4n) is 2.53. The second-order valence-corrected chi connectivity index (χ2v) is 4.84. The zero-order valence-electron chi connectivity index (χ0n) is 11.7. The highest BCUT2D eigenvalue weighted by molar-refractivity contribution is 5.81. The lowest BCUT2D eigenvalue weighted by atomic mass is 10.1. The number of para-hydroxylation sites is 2. The molecule has 0 atom stereocenters. The highest BCUT2D eigenvalue weighted by Crippen LogP contribution is 2.21. The fraction of sp³-hybridized carbons (Fsp3) is 0.167. The van der Waals surface area contributed by atoms with Crippen LogP contribution in [0.3, 0.4) is 0 Å². The van der Waals surface area contributed by atoms with Crippen molar-refractivity contribution in [3.63, 3.8) is 0 Å². The monoisotopic (exact) mass is 262 g/mol. The number of rotatable bonds is 4. The maximum Gasteiger partial charge on any atom is 0.0751 e. The molecule has 0 saturated carbocycles. The third-order valence-electron chi connectivity index (χ3n) is 3.58. The first-order valence-electron chi connectivity index (χ1n) is 7.01. The summed E-state index contributed by atoms with van der Waals surface area (Å²) in [4.78, 5) is 6.90. The molecule has 0 aliphatic rings. The van der Waals surface area contributed by atoms with E-state index in [0.29, 0.717) is 0 Å². The van der Waals surface area contributed by atoms with Crippen LogP contribution in [0.5, 0.6) is 0 Å². The van der Waals surface area contributed by atoms with Gasteiger partial charge in [-0.05, 0) is 30.7 Å². The maximum absolute atomic E-state index is 4.54. The van der Waals surface area contributed by atoms with Gasteiger partial charge in [0, 0.05) is 30.4 Å². The lowest BCUT2D eigenvalue weighted by Crippen LogP contribution is -2.22. The normalized spacial score (nSPS) is 10.7. The van der Waals surface area contributed by atoms with Crippen LogP contribution in [0.2, 0.25) is 0 Å². The van der Waals surface area contributed by atoms with Crippen LogP contribution < -0.4 is 4.90 Å². The van der Waals surface area contributed by atoms with Gasteiger partial charge < -0.3 is 4.90 Å². The van der Waals surface area contributed by atoms with Gasteiger partial charge in [0.1, 0.15) is 0 Å². The fourth-order valence-corrected chi connectivity index (χ4v) is 2.53. The summed E-state index contributed by atoms with van der Waals surface area (Å²) in [6.45, 7) is 4.05. The highest BCUT2D eigenvalue weighted by Gasteiger charge is 2.08. The van der Waals surface area contributed by atoms with E-state index >= 15 is 0 Å². The molecule has 0 N–H and O–H groups in total. The van der Waals surface area contributed by atoms with Crippen molar-refractivity contribution in [3.05, 3.63) is 72.4 Å². The molecular weight excluding hydrogens is 244 g/mol. The molecule has 0 saturated heterocycles. The molecule has 100 valence electrons. The molecule has 3 aromatic rings. The largest absolute Gasteiger partial charge is 0.367 e. The second-order valence-electron chi connectivity index (χ2n) is 4.84. The summed E-state index contributed by atoms with van der Waals surface area (Å²) in [6.07, 6.45) is 1.87. The smallest absolute Gasteiger partial charge is 0.0751 e. The summed E-state index contributed by atoms with van der Waals surface area (Å²) in [6, 6.07) is 21.0. The lowest BCUT2D eigenvalue weighted by molar-refractivity contribution is 0.835. The van der Waals surface area contributed by atoms with E-state index in [1.54, 1.807) is 0 Å². The molecular formula is C18H18N2. The predicted octanol–water partition coefficient (Wildman–Crippen LogP) is 4.26. The van der Waals surface area contributed by atoms with Gasteiger partial charge in [0.15, 0.2) is 0 Å². The standard InChI is InChI=1S/C18H18N2/c1-2-20(17-11-4-3-5-12-17)14-16-9-6-8-15-10-7-13-19-18(15)16/h3-13H,2,14H2,1H3. The number of fused-ring (bicyclic) bond motifs is 1. The Labute approximate surface area is 119 Å². The minimum Gasteiger partial charge on any atom is -0.367 e. The average molecular weight is 262 g/mol. The first kappa shape index (κ1) is 12.7. The summed E-state index contributed by atoms with van der Waals surface area (Å²) in [5.74, 6) is 0. The van der Waals surface area contributed by atoms with Crippen LogP contribution in [0.15, 0.2) is 66.9 Å². The molecule has 1 heterocycles. The van der Waals surface area contributed by atoms with Crippen LogP contribution in [0.4, 0.5) is 5.69 Å². The predicted molar refractivity (Wildman–Crippen MR) is 84.9 cm³/mol. The van der Waals surface area contributed by atoms with Crippen LogP contribution >= 0.6 is 0 Å². The Bertz CT molecular complexity index is 687. The van der Waals surface area contributed by atoms with Gasteiger partial charge in [0.25, 0.3) is 0 Å². The molecule has 0 spiro atoms. The third-order valence-corrected chi connectivity index (χ3v) is 3.58. The number of hydrogen-bond donors (Lipinski definition) is 0.